The molecular weight excluding hydrogens is 356 g/mol. The van der Waals surface area contributed by atoms with E-state index in [0.29, 0.717) is 12.1 Å². The molecule has 3 aromatic heterocycles. The Morgan fingerprint density at radius 3 is 2.77 bits per heavy atom. The monoisotopic (exact) mass is 364 g/mol. The first kappa shape index (κ1) is 16.0. The van der Waals surface area contributed by atoms with Gasteiger partial charge in [0, 0.05) is 23.2 Å². The molecule has 0 aliphatic rings. The second kappa shape index (κ2) is 5.51. The second-order valence-electron chi connectivity index (χ2n) is 5.36. The Hall–Kier alpha value is -3.50. The summed E-state index contributed by atoms with van der Waals surface area (Å²) in [6, 6.07) is 0.747. The lowest BCUT2D eigenvalue weighted by Gasteiger charge is -2.14. The van der Waals surface area contributed by atoms with Gasteiger partial charge in [0.2, 0.25) is 6.41 Å². The van der Waals surface area contributed by atoms with Crippen molar-refractivity contribution in [1.29, 1.82) is 0 Å². The minimum absolute atomic E-state index is 0.0805. The minimum atomic E-state index is -4.93. The average Bonchev–Trinajstić information content (AvgIpc) is 3.17. The zero-order valence-corrected chi connectivity index (χ0v) is 12.7. The van der Waals surface area contributed by atoms with Crippen LogP contribution in [0.2, 0.25) is 0 Å². The lowest BCUT2D eigenvalue weighted by molar-refractivity contribution is -0.139. The molecular formula is C15H8F4N6O. The van der Waals surface area contributed by atoms with Gasteiger partial charge in [-0.1, -0.05) is 0 Å². The lowest BCUT2D eigenvalue weighted by atomic mass is 9.99. The van der Waals surface area contributed by atoms with Crippen LogP contribution in [0.5, 0.6) is 0 Å². The Morgan fingerprint density at radius 1 is 1.23 bits per heavy atom. The normalized spacial score (nSPS) is 12.0. The fourth-order valence-corrected chi connectivity index (χ4v) is 2.76. The molecule has 0 radical (unpaired) electrons. The number of aromatic nitrogens is 5. The number of imidazole rings is 1. The number of carbonyl (C=O) groups excluding carboxylic acids is 1. The van der Waals surface area contributed by atoms with Crippen LogP contribution in [-0.4, -0.2) is 31.0 Å². The summed E-state index contributed by atoms with van der Waals surface area (Å²) in [6.45, 7) is 0. The van der Waals surface area contributed by atoms with Gasteiger partial charge < -0.3 is 9.72 Å². The highest BCUT2D eigenvalue weighted by Crippen LogP contribution is 2.42. The Morgan fingerprint density at radius 2 is 2.04 bits per heavy atom. The van der Waals surface area contributed by atoms with Crippen molar-refractivity contribution in [2.45, 2.75) is 6.18 Å². The number of nitrogens with one attached hydrogen (secondary N) is 2. The number of hydrogen-bond acceptors (Lipinski definition) is 4. The standard InChI is InChI=1S/C15H8F4N6O/c16-8-1-9-7(2-22-24-9)13(14(8)15(17,18)19)10-4-25-5-11(21-6-26)23-12(25)3-20-10/h1-6H,(H,21,26)(H,22,24). The molecule has 2 N–H and O–H groups in total. The van der Waals surface area contributed by atoms with Gasteiger partial charge in [-0.2, -0.15) is 18.3 Å². The minimum Gasteiger partial charge on any atom is -0.312 e. The molecule has 0 aliphatic heterocycles. The van der Waals surface area contributed by atoms with Gasteiger partial charge in [0.05, 0.1) is 29.8 Å². The van der Waals surface area contributed by atoms with E-state index in [1.54, 1.807) is 0 Å². The van der Waals surface area contributed by atoms with E-state index in [0.717, 1.165) is 6.07 Å². The van der Waals surface area contributed by atoms with Crippen molar-refractivity contribution in [3.8, 4) is 11.3 Å². The molecule has 0 saturated carbocycles. The molecule has 0 fully saturated rings. The van der Waals surface area contributed by atoms with E-state index in [-0.39, 0.29) is 22.4 Å². The van der Waals surface area contributed by atoms with E-state index in [4.69, 9.17) is 0 Å². The number of benzene rings is 1. The number of alkyl halides is 3. The van der Waals surface area contributed by atoms with Gasteiger partial charge >= 0.3 is 6.18 Å². The summed E-state index contributed by atoms with van der Waals surface area (Å²) in [6.07, 6.45) is 0.559. The Kier molecular flexibility index (Phi) is 3.39. The Bertz CT molecular complexity index is 1150. The quantitative estimate of drug-likeness (QED) is 0.432. The van der Waals surface area contributed by atoms with Crippen LogP contribution in [0, 0.1) is 5.82 Å². The molecule has 4 aromatic rings. The number of carbonyl (C=O) groups is 1. The fraction of sp³-hybridized carbons (Fsp3) is 0.0667. The number of amides is 1. The van der Waals surface area contributed by atoms with Crippen LogP contribution in [-0.2, 0) is 11.0 Å². The number of fused-ring (bicyclic) bond motifs is 2. The van der Waals surface area contributed by atoms with Gasteiger partial charge in [0.15, 0.2) is 11.5 Å². The summed E-state index contributed by atoms with van der Waals surface area (Å²) < 4.78 is 56.0. The van der Waals surface area contributed by atoms with Crippen molar-refractivity contribution >= 4 is 28.8 Å². The topological polar surface area (TPSA) is 88.0 Å². The maximum atomic E-state index is 14.2. The SMILES string of the molecule is O=CNc1cn2cc(-c3c(C(F)(F)F)c(F)cc4[nH]ncc34)ncc2n1. The number of hydrogen-bond donors (Lipinski definition) is 2. The van der Waals surface area contributed by atoms with Crippen molar-refractivity contribution in [2.24, 2.45) is 0 Å². The zero-order valence-electron chi connectivity index (χ0n) is 12.7. The third-order valence-corrected chi connectivity index (χ3v) is 3.79. The molecule has 0 saturated heterocycles. The third-order valence-electron chi connectivity index (χ3n) is 3.79. The van der Waals surface area contributed by atoms with Crippen molar-refractivity contribution in [3.05, 3.63) is 42.2 Å². The molecule has 26 heavy (non-hydrogen) atoms. The molecule has 0 unspecified atom stereocenters. The van der Waals surface area contributed by atoms with Crippen LogP contribution in [0.25, 0.3) is 27.8 Å². The number of anilines is 1. The number of halogens is 4. The first-order chi connectivity index (χ1) is 12.4. The van der Waals surface area contributed by atoms with Gasteiger partial charge in [0.25, 0.3) is 0 Å². The van der Waals surface area contributed by atoms with Crippen LogP contribution in [0.1, 0.15) is 5.56 Å². The summed E-state index contributed by atoms with van der Waals surface area (Å²) in [5.41, 5.74) is -1.56. The number of nitrogens with zero attached hydrogens (tertiary/aromatic N) is 4. The van der Waals surface area contributed by atoms with E-state index < -0.39 is 23.1 Å². The van der Waals surface area contributed by atoms with Gasteiger partial charge in [-0.3, -0.25) is 14.9 Å². The third kappa shape index (κ3) is 2.44. The summed E-state index contributed by atoms with van der Waals surface area (Å²) in [4.78, 5) is 18.5. The highest BCUT2D eigenvalue weighted by atomic mass is 19.4. The maximum absolute atomic E-state index is 14.2. The van der Waals surface area contributed by atoms with Crippen LogP contribution in [0.4, 0.5) is 23.4 Å². The summed E-state index contributed by atoms with van der Waals surface area (Å²) >= 11 is 0. The molecule has 0 bridgehead atoms. The fourth-order valence-electron chi connectivity index (χ4n) is 2.76. The lowest BCUT2D eigenvalue weighted by Crippen LogP contribution is -2.11. The smallest absolute Gasteiger partial charge is 0.312 e. The second-order valence-corrected chi connectivity index (χ2v) is 5.36. The maximum Gasteiger partial charge on any atom is 0.419 e. The summed E-state index contributed by atoms with van der Waals surface area (Å²) in [5.74, 6) is -1.23. The predicted molar refractivity (Wildman–Crippen MR) is 82.7 cm³/mol. The molecule has 4 rings (SSSR count). The van der Waals surface area contributed by atoms with E-state index in [1.807, 2.05) is 0 Å². The largest absolute Gasteiger partial charge is 0.419 e. The van der Waals surface area contributed by atoms with Crippen molar-refractivity contribution in [3.63, 3.8) is 0 Å². The molecule has 1 aromatic carbocycles. The Labute approximate surface area is 141 Å². The summed E-state index contributed by atoms with van der Waals surface area (Å²) in [7, 11) is 0. The first-order valence-corrected chi connectivity index (χ1v) is 7.16. The van der Waals surface area contributed by atoms with E-state index >= 15 is 0 Å². The molecule has 0 atom stereocenters. The molecule has 0 spiro atoms. The molecule has 3 heterocycles. The Balaban J connectivity index is 2.02. The molecule has 0 aliphatic carbocycles. The summed E-state index contributed by atoms with van der Waals surface area (Å²) in [5, 5.41) is 8.55. The van der Waals surface area contributed by atoms with Crippen LogP contribution in [0.15, 0.2) is 30.9 Å². The van der Waals surface area contributed by atoms with Gasteiger partial charge in [-0.25, -0.2) is 9.37 Å². The number of aromatic amines is 1. The highest BCUT2D eigenvalue weighted by molar-refractivity contribution is 5.95. The average molecular weight is 364 g/mol. The first-order valence-electron chi connectivity index (χ1n) is 7.16. The van der Waals surface area contributed by atoms with Crippen molar-refractivity contribution < 1.29 is 22.4 Å². The van der Waals surface area contributed by atoms with Crippen LogP contribution < -0.4 is 5.32 Å². The molecule has 7 nitrogen and oxygen atoms in total. The van der Waals surface area contributed by atoms with E-state index in [2.05, 4.69) is 25.5 Å². The van der Waals surface area contributed by atoms with Crippen LogP contribution in [0.3, 0.4) is 0 Å². The van der Waals surface area contributed by atoms with Crippen molar-refractivity contribution in [1.82, 2.24) is 24.6 Å². The predicted octanol–water partition coefficient (Wildman–Crippen LogP) is 3.00. The molecule has 11 heteroatoms. The number of H-pyrrole nitrogens is 1. The van der Waals surface area contributed by atoms with Gasteiger partial charge in [-0.15, -0.1) is 0 Å². The highest BCUT2D eigenvalue weighted by Gasteiger charge is 2.39. The van der Waals surface area contributed by atoms with Crippen LogP contribution >= 0.6 is 0 Å². The van der Waals surface area contributed by atoms with Gasteiger partial charge in [-0.05, 0) is 0 Å². The molecule has 1 amide bonds. The van der Waals surface area contributed by atoms with Crippen molar-refractivity contribution in [2.75, 3.05) is 5.32 Å². The van der Waals surface area contributed by atoms with Gasteiger partial charge in [0.1, 0.15) is 11.4 Å². The van der Waals surface area contributed by atoms with E-state index in [1.165, 1.54) is 29.2 Å². The number of rotatable bonds is 3. The van der Waals surface area contributed by atoms with E-state index in [9.17, 15) is 22.4 Å². The molecule has 132 valence electrons. The zero-order chi connectivity index (χ0) is 18.5.